The van der Waals surface area contributed by atoms with Crippen molar-refractivity contribution in [2.75, 3.05) is 5.32 Å². The van der Waals surface area contributed by atoms with Crippen LogP contribution in [0, 0.1) is 0 Å². The summed E-state index contributed by atoms with van der Waals surface area (Å²) in [6.07, 6.45) is 0. The van der Waals surface area contributed by atoms with Crippen LogP contribution in [0.2, 0.25) is 0 Å². The predicted octanol–water partition coefficient (Wildman–Crippen LogP) is 3.28. The molecule has 122 valence electrons. The first kappa shape index (κ1) is 15.7. The second-order valence-corrected chi connectivity index (χ2v) is 5.47. The van der Waals surface area contributed by atoms with Gasteiger partial charge in [0.05, 0.1) is 6.04 Å². The molecule has 0 fully saturated rings. The summed E-state index contributed by atoms with van der Waals surface area (Å²) in [5.74, 6) is 0.431. The number of fused-ring (bicyclic) bond motifs is 1. The van der Waals surface area contributed by atoms with E-state index in [0.29, 0.717) is 11.6 Å². The molecule has 2 amide bonds. The second kappa shape index (κ2) is 6.54. The van der Waals surface area contributed by atoms with Crippen LogP contribution in [0.1, 0.15) is 36.1 Å². The summed E-state index contributed by atoms with van der Waals surface area (Å²) in [5, 5.41) is 6.39. The number of amides is 2. The summed E-state index contributed by atoms with van der Waals surface area (Å²) in [6, 6.07) is 14.1. The molecule has 6 nitrogen and oxygen atoms in total. The Morgan fingerprint density at radius 3 is 2.67 bits per heavy atom. The molecular formula is C18H17N3O3. The Balaban J connectivity index is 1.75. The van der Waals surface area contributed by atoms with E-state index < -0.39 is 0 Å². The van der Waals surface area contributed by atoms with E-state index in [0.717, 1.165) is 11.0 Å². The zero-order valence-electron chi connectivity index (χ0n) is 13.4. The Hall–Kier alpha value is -3.15. The Labute approximate surface area is 138 Å². The highest BCUT2D eigenvalue weighted by Crippen LogP contribution is 2.23. The molecule has 0 aliphatic heterocycles. The van der Waals surface area contributed by atoms with Crippen molar-refractivity contribution in [3.8, 4) is 0 Å². The lowest BCUT2D eigenvalue weighted by atomic mass is 10.2. The van der Waals surface area contributed by atoms with E-state index in [-0.39, 0.29) is 23.6 Å². The third-order valence-electron chi connectivity index (χ3n) is 3.50. The van der Waals surface area contributed by atoms with Gasteiger partial charge in [0.25, 0.3) is 5.91 Å². The van der Waals surface area contributed by atoms with Crippen molar-refractivity contribution in [1.82, 2.24) is 10.3 Å². The normalized spacial score (nSPS) is 11.9. The molecule has 2 aromatic heterocycles. The van der Waals surface area contributed by atoms with Crippen LogP contribution in [0.4, 0.5) is 5.82 Å². The third-order valence-corrected chi connectivity index (χ3v) is 3.50. The summed E-state index contributed by atoms with van der Waals surface area (Å²) in [7, 11) is 0. The van der Waals surface area contributed by atoms with Crippen LogP contribution in [0.5, 0.6) is 0 Å². The number of nitrogens with one attached hydrogen (secondary N) is 2. The van der Waals surface area contributed by atoms with Crippen LogP contribution in [0.3, 0.4) is 0 Å². The van der Waals surface area contributed by atoms with Crippen molar-refractivity contribution in [2.24, 2.45) is 0 Å². The highest BCUT2D eigenvalue weighted by atomic mass is 16.3. The first-order valence-electron chi connectivity index (χ1n) is 7.57. The molecule has 0 aliphatic rings. The number of pyridine rings is 1. The van der Waals surface area contributed by atoms with Gasteiger partial charge in [-0.05, 0) is 31.2 Å². The number of anilines is 1. The lowest BCUT2D eigenvalue weighted by Gasteiger charge is -2.11. The maximum Gasteiger partial charge on any atom is 0.270 e. The molecule has 0 spiro atoms. The number of hydrogen-bond donors (Lipinski definition) is 2. The van der Waals surface area contributed by atoms with Crippen LogP contribution < -0.4 is 10.6 Å². The number of para-hydroxylation sites is 1. The zero-order valence-corrected chi connectivity index (χ0v) is 13.4. The Bertz CT molecular complexity index is 868. The topological polar surface area (TPSA) is 84.2 Å². The van der Waals surface area contributed by atoms with E-state index in [9.17, 15) is 9.59 Å². The highest BCUT2D eigenvalue weighted by molar-refractivity contribution is 5.94. The van der Waals surface area contributed by atoms with Crippen LogP contribution >= 0.6 is 0 Å². The van der Waals surface area contributed by atoms with Gasteiger partial charge in [0.1, 0.15) is 22.9 Å². The molecule has 0 bridgehead atoms. The van der Waals surface area contributed by atoms with Gasteiger partial charge in [-0.3, -0.25) is 9.59 Å². The Kier molecular flexibility index (Phi) is 4.29. The molecule has 0 unspecified atom stereocenters. The van der Waals surface area contributed by atoms with Crippen LogP contribution in [-0.2, 0) is 4.79 Å². The average Bonchev–Trinajstić information content (AvgIpc) is 2.98. The van der Waals surface area contributed by atoms with Gasteiger partial charge in [0.15, 0.2) is 0 Å². The maximum absolute atomic E-state index is 12.4. The first-order chi connectivity index (χ1) is 11.5. The summed E-state index contributed by atoms with van der Waals surface area (Å²) in [5.41, 5.74) is 1.00. The molecule has 0 saturated heterocycles. The number of carbonyl (C=O) groups is 2. The monoisotopic (exact) mass is 323 g/mol. The maximum atomic E-state index is 12.4. The van der Waals surface area contributed by atoms with E-state index >= 15 is 0 Å². The molecule has 1 atom stereocenters. The van der Waals surface area contributed by atoms with Crippen LogP contribution in [-0.4, -0.2) is 16.8 Å². The van der Waals surface area contributed by atoms with Gasteiger partial charge in [0.2, 0.25) is 5.91 Å². The number of hydrogen-bond acceptors (Lipinski definition) is 4. The summed E-state index contributed by atoms with van der Waals surface area (Å²) >= 11 is 0. The Morgan fingerprint density at radius 2 is 1.92 bits per heavy atom. The molecular weight excluding hydrogens is 306 g/mol. The van der Waals surface area contributed by atoms with Crippen molar-refractivity contribution in [3.63, 3.8) is 0 Å². The third kappa shape index (κ3) is 3.43. The van der Waals surface area contributed by atoms with E-state index in [2.05, 4.69) is 15.6 Å². The van der Waals surface area contributed by atoms with E-state index in [1.807, 2.05) is 37.3 Å². The molecule has 0 saturated carbocycles. The SMILES string of the molecule is CC(=O)Nc1cccc(C(=O)N[C@H](C)c2cc3ccccc3o2)n1. The van der Waals surface area contributed by atoms with Gasteiger partial charge < -0.3 is 15.1 Å². The zero-order chi connectivity index (χ0) is 17.1. The van der Waals surface area contributed by atoms with Crippen molar-refractivity contribution in [3.05, 3.63) is 60.0 Å². The molecule has 2 heterocycles. The van der Waals surface area contributed by atoms with Gasteiger partial charge in [-0.1, -0.05) is 24.3 Å². The number of nitrogens with zero attached hydrogens (tertiary/aromatic N) is 1. The van der Waals surface area contributed by atoms with Gasteiger partial charge in [-0.25, -0.2) is 4.98 Å². The number of rotatable bonds is 4. The standard InChI is InChI=1S/C18H17N3O3/c1-11(16-10-13-6-3-4-8-15(13)24-16)19-18(23)14-7-5-9-17(21-14)20-12(2)22/h3-11H,1-2H3,(H,19,23)(H,20,21,22)/t11-/m1/s1. The van der Waals surface area contributed by atoms with E-state index in [1.54, 1.807) is 18.2 Å². The van der Waals surface area contributed by atoms with Crippen LogP contribution in [0.25, 0.3) is 11.0 Å². The van der Waals surface area contributed by atoms with Crippen molar-refractivity contribution >= 4 is 28.6 Å². The molecule has 3 rings (SSSR count). The van der Waals surface area contributed by atoms with Crippen LogP contribution in [0.15, 0.2) is 52.9 Å². The van der Waals surface area contributed by atoms with Gasteiger partial charge in [-0.15, -0.1) is 0 Å². The van der Waals surface area contributed by atoms with Gasteiger partial charge in [-0.2, -0.15) is 0 Å². The Morgan fingerprint density at radius 1 is 1.12 bits per heavy atom. The van der Waals surface area contributed by atoms with Crippen molar-refractivity contribution in [2.45, 2.75) is 19.9 Å². The molecule has 0 radical (unpaired) electrons. The lowest BCUT2D eigenvalue weighted by Crippen LogP contribution is -2.27. The minimum absolute atomic E-state index is 0.226. The summed E-state index contributed by atoms with van der Waals surface area (Å²) < 4.78 is 5.75. The quantitative estimate of drug-likeness (QED) is 0.771. The number of furan rings is 1. The summed E-state index contributed by atoms with van der Waals surface area (Å²) in [4.78, 5) is 27.6. The highest BCUT2D eigenvalue weighted by Gasteiger charge is 2.16. The van der Waals surface area contributed by atoms with E-state index in [1.165, 1.54) is 6.92 Å². The minimum Gasteiger partial charge on any atom is -0.459 e. The first-order valence-corrected chi connectivity index (χ1v) is 7.57. The molecule has 3 aromatic rings. The fourth-order valence-electron chi connectivity index (χ4n) is 2.37. The summed E-state index contributed by atoms with van der Waals surface area (Å²) in [6.45, 7) is 3.23. The smallest absolute Gasteiger partial charge is 0.270 e. The lowest BCUT2D eigenvalue weighted by molar-refractivity contribution is -0.114. The minimum atomic E-state index is -0.338. The number of carbonyl (C=O) groups excluding carboxylic acids is 2. The molecule has 1 aromatic carbocycles. The van der Waals surface area contributed by atoms with E-state index in [4.69, 9.17) is 4.42 Å². The largest absolute Gasteiger partial charge is 0.459 e. The molecule has 2 N–H and O–H groups in total. The van der Waals surface area contributed by atoms with Crippen molar-refractivity contribution in [1.29, 1.82) is 0 Å². The molecule has 6 heteroatoms. The predicted molar refractivity (Wildman–Crippen MR) is 90.6 cm³/mol. The number of aromatic nitrogens is 1. The van der Waals surface area contributed by atoms with Gasteiger partial charge in [0, 0.05) is 12.3 Å². The number of benzene rings is 1. The molecule has 0 aliphatic carbocycles. The van der Waals surface area contributed by atoms with Gasteiger partial charge >= 0.3 is 0 Å². The van der Waals surface area contributed by atoms with Crippen molar-refractivity contribution < 1.29 is 14.0 Å². The second-order valence-electron chi connectivity index (χ2n) is 5.47. The fraction of sp³-hybridized carbons (Fsp3) is 0.167. The average molecular weight is 323 g/mol. The fourth-order valence-corrected chi connectivity index (χ4v) is 2.37. The molecule has 24 heavy (non-hydrogen) atoms.